The molecule has 3 aromatic heterocycles. The van der Waals surface area contributed by atoms with Crippen LogP contribution in [-0.2, 0) is 12.8 Å². The molecule has 1 aliphatic rings. The van der Waals surface area contributed by atoms with E-state index < -0.39 is 17.7 Å². The van der Waals surface area contributed by atoms with Gasteiger partial charge in [0.15, 0.2) is 17.3 Å². The number of hydrogen-bond acceptors (Lipinski definition) is 6. The van der Waals surface area contributed by atoms with Crippen LogP contribution in [0.15, 0.2) is 29.6 Å². The van der Waals surface area contributed by atoms with Crippen LogP contribution >= 0.6 is 23.4 Å². The Balaban J connectivity index is 1.57. The first-order valence-electron chi connectivity index (χ1n) is 8.77. The number of alkyl halides is 3. The molecular formula is C18H14ClF4N5OS. The summed E-state index contributed by atoms with van der Waals surface area (Å²) < 4.78 is 60.8. The number of ether oxygens (including phenoxy) is 1. The third-order valence-corrected chi connectivity index (χ3v) is 5.12. The van der Waals surface area contributed by atoms with Crippen LogP contribution in [0.25, 0.3) is 11.5 Å². The van der Waals surface area contributed by atoms with Crippen LogP contribution in [0.2, 0.25) is 5.28 Å². The average molecular weight is 460 g/mol. The first-order valence-corrected chi connectivity index (χ1v) is 10.4. The second-order valence-electron chi connectivity index (χ2n) is 6.57. The van der Waals surface area contributed by atoms with Gasteiger partial charge >= 0.3 is 6.18 Å². The molecule has 0 atom stereocenters. The Morgan fingerprint density at radius 2 is 2.00 bits per heavy atom. The maximum atomic E-state index is 14.7. The summed E-state index contributed by atoms with van der Waals surface area (Å²) in [5, 5.41) is 0.626. The third-order valence-electron chi connectivity index (χ3n) is 4.32. The molecule has 0 aliphatic heterocycles. The molecule has 6 nitrogen and oxygen atoms in total. The van der Waals surface area contributed by atoms with Gasteiger partial charge in [-0.1, -0.05) is 0 Å². The molecule has 0 saturated heterocycles. The molecular weight excluding hydrogens is 446 g/mol. The van der Waals surface area contributed by atoms with E-state index in [2.05, 4.69) is 19.9 Å². The normalized spacial score (nSPS) is 14.2. The predicted molar refractivity (Wildman–Crippen MR) is 102 cm³/mol. The Morgan fingerprint density at radius 1 is 1.23 bits per heavy atom. The lowest BCUT2D eigenvalue weighted by atomic mass is 10.2. The highest BCUT2D eigenvalue weighted by atomic mass is 35.5. The molecule has 0 spiro atoms. The van der Waals surface area contributed by atoms with Crippen LogP contribution in [0.3, 0.4) is 0 Å². The van der Waals surface area contributed by atoms with E-state index in [9.17, 15) is 17.6 Å². The summed E-state index contributed by atoms with van der Waals surface area (Å²) in [7, 11) is 0. The van der Waals surface area contributed by atoms with Gasteiger partial charge in [0.2, 0.25) is 11.2 Å². The van der Waals surface area contributed by atoms with E-state index in [-0.39, 0.29) is 35.3 Å². The van der Waals surface area contributed by atoms with Gasteiger partial charge in [0, 0.05) is 30.1 Å². The highest BCUT2D eigenvalue weighted by Crippen LogP contribution is 2.41. The van der Waals surface area contributed by atoms with Gasteiger partial charge < -0.3 is 9.30 Å². The highest BCUT2D eigenvalue weighted by molar-refractivity contribution is 7.98. The van der Waals surface area contributed by atoms with Crippen molar-refractivity contribution >= 4 is 23.4 Å². The molecule has 0 amide bonds. The largest absolute Gasteiger partial charge is 0.473 e. The van der Waals surface area contributed by atoms with Crippen LogP contribution in [0.5, 0.6) is 5.88 Å². The SMILES string of the molecule is CSc1cc(OCc2cnc(-c3nc(C(F)(F)F)cn3C3CC3)c(F)c2)nc(Cl)n1. The Labute approximate surface area is 177 Å². The van der Waals surface area contributed by atoms with E-state index in [0.717, 1.165) is 12.3 Å². The average Bonchev–Trinajstić information content (AvgIpc) is 3.43. The lowest BCUT2D eigenvalue weighted by Gasteiger charge is -2.09. The molecule has 3 aromatic rings. The zero-order valence-electron chi connectivity index (χ0n) is 15.5. The van der Waals surface area contributed by atoms with E-state index in [1.165, 1.54) is 22.5 Å². The zero-order valence-corrected chi connectivity index (χ0v) is 17.0. The van der Waals surface area contributed by atoms with Gasteiger partial charge in [-0.25, -0.2) is 19.3 Å². The maximum Gasteiger partial charge on any atom is 0.434 e. The van der Waals surface area contributed by atoms with Crippen molar-refractivity contribution in [3.05, 3.63) is 46.9 Å². The summed E-state index contributed by atoms with van der Waals surface area (Å²) in [6.07, 6.45) is 0.869. The van der Waals surface area contributed by atoms with Gasteiger partial charge in [0.1, 0.15) is 17.3 Å². The smallest absolute Gasteiger partial charge is 0.434 e. The molecule has 1 saturated carbocycles. The molecule has 1 fully saturated rings. The van der Waals surface area contributed by atoms with Gasteiger partial charge in [0.05, 0.1) is 0 Å². The monoisotopic (exact) mass is 459 g/mol. The Bertz CT molecular complexity index is 1090. The molecule has 12 heteroatoms. The third kappa shape index (κ3) is 4.51. The van der Waals surface area contributed by atoms with Gasteiger partial charge in [-0.15, -0.1) is 11.8 Å². The molecule has 0 radical (unpaired) electrons. The second-order valence-corrected chi connectivity index (χ2v) is 7.73. The standard InChI is InChI=1S/C18H14ClF4N5OS/c1-30-14-5-13(26-17(19)27-14)29-8-9-4-11(20)15(24-6-9)16-25-12(18(21,22)23)7-28(16)10-2-3-10/h4-7,10H,2-3,8H2,1H3. The van der Waals surface area contributed by atoms with Gasteiger partial charge in [-0.05, 0) is 36.8 Å². The number of thioether (sulfide) groups is 1. The number of nitrogens with zero attached hydrogens (tertiary/aromatic N) is 5. The second kappa shape index (κ2) is 8.03. The van der Waals surface area contributed by atoms with Crippen molar-refractivity contribution in [2.45, 2.75) is 36.7 Å². The van der Waals surface area contributed by atoms with Gasteiger partial charge in [0.25, 0.3) is 0 Å². The van der Waals surface area contributed by atoms with Crippen molar-refractivity contribution in [2.24, 2.45) is 0 Å². The van der Waals surface area contributed by atoms with Crippen LogP contribution in [0, 0.1) is 5.82 Å². The van der Waals surface area contributed by atoms with Crippen molar-refractivity contribution in [1.29, 1.82) is 0 Å². The zero-order chi connectivity index (χ0) is 21.5. The van der Waals surface area contributed by atoms with Crippen molar-refractivity contribution in [3.8, 4) is 17.4 Å². The minimum Gasteiger partial charge on any atom is -0.473 e. The van der Waals surface area contributed by atoms with E-state index in [1.807, 2.05) is 6.26 Å². The fraction of sp³-hybridized carbons (Fsp3) is 0.333. The molecule has 4 rings (SSSR count). The fourth-order valence-electron chi connectivity index (χ4n) is 2.77. The minimum atomic E-state index is -4.62. The number of aromatic nitrogens is 5. The van der Waals surface area contributed by atoms with Crippen LogP contribution in [0.1, 0.15) is 30.1 Å². The van der Waals surface area contributed by atoms with E-state index in [0.29, 0.717) is 23.4 Å². The summed E-state index contributed by atoms with van der Waals surface area (Å²) in [5.74, 6) is -0.715. The topological polar surface area (TPSA) is 65.7 Å². The molecule has 0 N–H and O–H groups in total. The molecule has 3 heterocycles. The van der Waals surface area contributed by atoms with E-state index in [1.54, 1.807) is 6.07 Å². The van der Waals surface area contributed by atoms with Gasteiger partial charge in [-0.3, -0.25) is 0 Å². The predicted octanol–water partition coefficient (Wildman–Crippen LogP) is 5.18. The quantitative estimate of drug-likeness (QED) is 0.219. The summed E-state index contributed by atoms with van der Waals surface area (Å²) in [5.41, 5.74) is -0.934. The van der Waals surface area contributed by atoms with Crippen molar-refractivity contribution < 1.29 is 22.3 Å². The van der Waals surface area contributed by atoms with Crippen LogP contribution < -0.4 is 4.74 Å². The summed E-state index contributed by atoms with van der Waals surface area (Å²) in [6, 6.07) is 2.61. The number of pyridine rings is 1. The Morgan fingerprint density at radius 3 is 2.63 bits per heavy atom. The van der Waals surface area contributed by atoms with Crippen molar-refractivity contribution in [1.82, 2.24) is 24.5 Å². The molecule has 0 bridgehead atoms. The van der Waals surface area contributed by atoms with Crippen LogP contribution in [-0.4, -0.2) is 30.8 Å². The molecule has 158 valence electrons. The molecule has 0 unspecified atom stereocenters. The molecule has 1 aliphatic carbocycles. The first-order chi connectivity index (χ1) is 14.2. The fourth-order valence-corrected chi connectivity index (χ4v) is 3.39. The number of imidazole rings is 1. The molecule has 30 heavy (non-hydrogen) atoms. The highest BCUT2D eigenvalue weighted by Gasteiger charge is 2.38. The summed E-state index contributed by atoms with van der Waals surface area (Å²) in [4.78, 5) is 15.5. The Kier molecular flexibility index (Phi) is 5.58. The van der Waals surface area contributed by atoms with E-state index in [4.69, 9.17) is 16.3 Å². The maximum absolute atomic E-state index is 14.7. The van der Waals surface area contributed by atoms with Crippen molar-refractivity contribution in [2.75, 3.05) is 6.26 Å². The lowest BCUT2D eigenvalue weighted by Crippen LogP contribution is -2.05. The lowest BCUT2D eigenvalue weighted by molar-refractivity contribution is -0.140. The number of rotatable bonds is 6. The number of halogens is 5. The molecule has 0 aromatic carbocycles. The summed E-state index contributed by atoms with van der Waals surface area (Å²) >= 11 is 7.18. The van der Waals surface area contributed by atoms with Gasteiger partial charge in [-0.2, -0.15) is 18.2 Å². The number of hydrogen-bond donors (Lipinski definition) is 0. The Hall–Kier alpha value is -2.40. The summed E-state index contributed by atoms with van der Waals surface area (Å²) in [6.45, 7) is -0.0593. The van der Waals surface area contributed by atoms with Crippen molar-refractivity contribution in [3.63, 3.8) is 0 Å². The van der Waals surface area contributed by atoms with E-state index >= 15 is 0 Å². The van der Waals surface area contributed by atoms with Crippen LogP contribution in [0.4, 0.5) is 17.6 Å². The minimum absolute atomic E-state index is 0.0175. The first kappa shape index (κ1) is 20.9.